The quantitative estimate of drug-likeness (QED) is 0.775. The fraction of sp³-hybridized carbons (Fsp3) is 0.444. The number of ether oxygens (including phenoxy) is 1. The maximum absolute atomic E-state index is 13.3. The van der Waals surface area contributed by atoms with E-state index in [0.29, 0.717) is 17.5 Å². The third kappa shape index (κ3) is 2.59. The topological polar surface area (TPSA) is 91.4 Å². The predicted molar refractivity (Wildman–Crippen MR) is 89.9 cm³/mol. The molecule has 1 aliphatic carbocycles. The number of hydrogen-bond donors (Lipinski definition) is 3. The molecule has 1 fully saturated rings. The Labute approximate surface area is 144 Å². The maximum Gasteiger partial charge on any atom is 0.330 e. The van der Waals surface area contributed by atoms with Gasteiger partial charge in [0.05, 0.1) is 6.10 Å². The molecule has 1 aromatic heterocycles. The van der Waals surface area contributed by atoms with Gasteiger partial charge >= 0.3 is 5.97 Å². The van der Waals surface area contributed by atoms with E-state index in [4.69, 9.17) is 4.74 Å². The smallest absolute Gasteiger partial charge is 0.330 e. The summed E-state index contributed by atoms with van der Waals surface area (Å²) in [6.07, 6.45) is -0.0465. The van der Waals surface area contributed by atoms with E-state index in [1.807, 2.05) is 6.92 Å². The Kier molecular flexibility index (Phi) is 4.07. The van der Waals surface area contributed by atoms with Crippen LogP contribution in [0.15, 0.2) is 24.3 Å². The highest BCUT2D eigenvalue weighted by Crippen LogP contribution is 2.51. The van der Waals surface area contributed by atoms with Crippen molar-refractivity contribution < 1.29 is 23.8 Å². The van der Waals surface area contributed by atoms with Crippen molar-refractivity contribution in [3.63, 3.8) is 0 Å². The second-order valence-electron chi connectivity index (χ2n) is 6.95. The molecule has 1 amide bonds. The van der Waals surface area contributed by atoms with Gasteiger partial charge in [-0.25, -0.2) is 9.18 Å². The number of nitrogens with one attached hydrogen (secondary N) is 2. The molecule has 6 nitrogen and oxygen atoms in total. The summed E-state index contributed by atoms with van der Waals surface area (Å²) >= 11 is 0. The lowest BCUT2D eigenvalue weighted by Gasteiger charge is -2.58. The highest BCUT2D eigenvalue weighted by Gasteiger charge is 2.66. The first kappa shape index (κ1) is 17.4. The number of aromatic nitrogens is 1. The minimum absolute atomic E-state index is 0.192. The molecule has 2 aromatic rings. The standard InChI is InChI=1S/C18H21FN2O4/c1-4-25-14-9-18(16(23)24,17(14,2)3)21-15(22)13-8-10-7-11(19)5-6-12(10)20-13/h5-8,14,20H,4,9H2,1-3H3,(H,21,22)(H,23,24)/t14-,18-/m1/s1. The molecule has 25 heavy (non-hydrogen) atoms. The van der Waals surface area contributed by atoms with E-state index in [9.17, 15) is 19.1 Å². The van der Waals surface area contributed by atoms with Crippen LogP contribution in [0, 0.1) is 11.2 Å². The number of hydrogen-bond acceptors (Lipinski definition) is 3. The van der Waals surface area contributed by atoms with E-state index in [2.05, 4.69) is 10.3 Å². The molecule has 3 rings (SSSR count). The van der Waals surface area contributed by atoms with Crippen molar-refractivity contribution in [2.45, 2.75) is 38.8 Å². The molecule has 0 aliphatic heterocycles. The minimum Gasteiger partial charge on any atom is -0.479 e. The first-order chi connectivity index (χ1) is 11.7. The van der Waals surface area contributed by atoms with E-state index in [1.54, 1.807) is 13.8 Å². The highest BCUT2D eigenvalue weighted by molar-refractivity contribution is 6.01. The van der Waals surface area contributed by atoms with Crippen LogP contribution < -0.4 is 5.32 Å². The molecule has 0 spiro atoms. The SMILES string of the molecule is CCO[C@@H]1C[C@@](NC(=O)c2cc3cc(F)ccc3[nH]2)(C(=O)O)C1(C)C. The van der Waals surface area contributed by atoms with Crippen molar-refractivity contribution in [2.24, 2.45) is 5.41 Å². The molecule has 7 heteroatoms. The molecular formula is C18H21FN2O4. The molecule has 1 saturated carbocycles. The summed E-state index contributed by atoms with van der Waals surface area (Å²) in [4.78, 5) is 27.4. The van der Waals surface area contributed by atoms with Gasteiger partial charge in [0, 0.05) is 29.3 Å². The Hall–Kier alpha value is -2.41. The Morgan fingerprint density at radius 1 is 1.40 bits per heavy atom. The van der Waals surface area contributed by atoms with Gasteiger partial charge in [-0.2, -0.15) is 0 Å². The molecule has 2 atom stereocenters. The number of aliphatic carboxylic acids is 1. The van der Waals surface area contributed by atoms with Crippen LogP contribution in [0.5, 0.6) is 0 Å². The van der Waals surface area contributed by atoms with Crippen LogP contribution in [0.4, 0.5) is 4.39 Å². The third-order valence-electron chi connectivity index (χ3n) is 5.28. The van der Waals surface area contributed by atoms with E-state index < -0.39 is 28.6 Å². The van der Waals surface area contributed by atoms with Crippen molar-refractivity contribution in [1.82, 2.24) is 10.3 Å². The average Bonchev–Trinajstić information content (AvgIpc) is 2.96. The van der Waals surface area contributed by atoms with E-state index in [1.165, 1.54) is 24.3 Å². The van der Waals surface area contributed by atoms with E-state index in [0.717, 1.165) is 0 Å². The summed E-state index contributed by atoms with van der Waals surface area (Å²) < 4.78 is 18.9. The number of carbonyl (C=O) groups excluding carboxylic acids is 1. The molecular weight excluding hydrogens is 327 g/mol. The third-order valence-corrected chi connectivity index (χ3v) is 5.28. The van der Waals surface area contributed by atoms with E-state index >= 15 is 0 Å². The van der Waals surface area contributed by atoms with Gasteiger partial charge in [-0.1, -0.05) is 13.8 Å². The van der Waals surface area contributed by atoms with E-state index in [-0.39, 0.29) is 18.2 Å². The summed E-state index contributed by atoms with van der Waals surface area (Å²) in [6, 6.07) is 5.65. The number of amides is 1. The lowest BCUT2D eigenvalue weighted by Crippen LogP contribution is -2.76. The van der Waals surface area contributed by atoms with Crippen molar-refractivity contribution in [3.8, 4) is 0 Å². The van der Waals surface area contributed by atoms with Crippen molar-refractivity contribution in [3.05, 3.63) is 35.8 Å². The Morgan fingerprint density at radius 2 is 2.12 bits per heavy atom. The number of carbonyl (C=O) groups is 2. The minimum atomic E-state index is -1.41. The molecule has 0 bridgehead atoms. The first-order valence-corrected chi connectivity index (χ1v) is 8.17. The van der Waals surface area contributed by atoms with Crippen LogP contribution in [0.2, 0.25) is 0 Å². The summed E-state index contributed by atoms with van der Waals surface area (Å²) in [7, 11) is 0. The monoisotopic (exact) mass is 348 g/mol. The van der Waals surface area contributed by atoms with Crippen LogP contribution in [-0.2, 0) is 9.53 Å². The number of carboxylic acid groups (broad SMARTS) is 1. The van der Waals surface area contributed by atoms with Crippen LogP contribution in [0.3, 0.4) is 0 Å². The number of rotatable bonds is 5. The van der Waals surface area contributed by atoms with Gasteiger partial charge in [-0.3, -0.25) is 4.79 Å². The van der Waals surface area contributed by atoms with Gasteiger partial charge in [0.15, 0.2) is 0 Å². The molecule has 0 unspecified atom stereocenters. The summed E-state index contributed by atoms with van der Waals surface area (Å²) in [5.74, 6) is -2.04. The normalized spacial score (nSPS) is 24.7. The number of benzene rings is 1. The molecule has 3 N–H and O–H groups in total. The Morgan fingerprint density at radius 3 is 2.72 bits per heavy atom. The molecule has 1 heterocycles. The second kappa shape index (κ2) is 5.84. The zero-order valence-corrected chi connectivity index (χ0v) is 14.4. The van der Waals surface area contributed by atoms with Gasteiger partial charge in [0.1, 0.15) is 17.1 Å². The zero-order chi connectivity index (χ0) is 18.4. The lowest BCUT2D eigenvalue weighted by molar-refractivity contribution is -0.190. The van der Waals surface area contributed by atoms with Crippen molar-refractivity contribution in [2.75, 3.05) is 6.61 Å². The summed E-state index contributed by atoms with van der Waals surface area (Å²) in [5, 5.41) is 13.0. The Bertz CT molecular complexity index is 845. The fourth-order valence-corrected chi connectivity index (χ4v) is 3.52. The number of fused-ring (bicyclic) bond motifs is 1. The fourth-order valence-electron chi connectivity index (χ4n) is 3.52. The number of halogens is 1. The first-order valence-electron chi connectivity index (χ1n) is 8.17. The van der Waals surface area contributed by atoms with Gasteiger partial charge in [0.2, 0.25) is 0 Å². The molecule has 0 saturated heterocycles. The molecule has 1 aromatic carbocycles. The molecule has 0 radical (unpaired) electrons. The number of H-pyrrole nitrogens is 1. The second-order valence-corrected chi connectivity index (χ2v) is 6.95. The molecule has 1 aliphatic rings. The Balaban J connectivity index is 1.87. The van der Waals surface area contributed by atoms with Crippen LogP contribution >= 0.6 is 0 Å². The van der Waals surface area contributed by atoms with Crippen LogP contribution in [0.25, 0.3) is 10.9 Å². The van der Waals surface area contributed by atoms with Gasteiger partial charge in [-0.05, 0) is 31.2 Å². The van der Waals surface area contributed by atoms with Crippen LogP contribution in [0.1, 0.15) is 37.7 Å². The van der Waals surface area contributed by atoms with Crippen molar-refractivity contribution in [1.29, 1.82) is 0 Å². The average molecular weight is 348 g/mol. The van der Waals surface area contributed by atoms with Crippen molar-refractivity contribution >= 4 is 22.8 Å². The van der Waals surface area contributed by atoms with Gasteiger partial charge in [-0.15, -0.1) is 0 Å². The number of aromatic amines is 1. The van der Waals surface area contributed by atoms with Gasteiger partial charge < -0.3 is 20.1 Å². The van der Waals surface area contributed by atoms with Gasteiger partial charge in [0.25, 0.3) is 5.91 Å². The van der Waals surface area contributed by atoms with Crippen LogP contribution in [-0.4, -0.2) is 40.2 Å². The largest absolute Gasteiger partial charge is 0.479 e. The summed E-state index contributed by atoms with van der Waals surface area (Å²) in [6.45, 7) is 5.86. The zero-order valence-electron chi connectivity index (χ0n) is 14.4. The maximum atomic E-state index is 13.3. The summed E-state index contributed by atoms with van der Waals surface area (Å²) in [5.41, 5.74) is -1.37. The predicted octanol–water partition coefficient (Wildman–Crippen LogP) is 2.70. The number of carboxylic acids is 1. The lowest BCUT2D eigenvalue weighted by atomic mass is 9.54. The molecule has 134 valence electrons. The highest BCUT2D eigenvalue weighted by atomic mass is 19.1.